The van der Waals surface area contributed by atoms with Gasteiger partial charge in [0.25, 0.3) is 0 Å². The van der Waals surface area contributed by atoms with Crippen LogP contribution < -0.4 is 10.6 Å². The summed E-state index contributed by atoms with van der Waals surface area (Å²) in [5.74, 6) is -2.58. The van der Waals surface area contributed by atoms with E-state index in [-0.39, 0.29) is 35.5 Å². The lowest BCUT2D eigenvalue weighted by Gasteiger charge is -2.31. The zero-order valence-electron chi connectivity index (χ0n) is 24.4. The van der Waals surface area contributed by atoms with Crippen LogP contribution in [0.5, 0.6) is 0 Å². The van der Waals surface area contributed by atoms with Gasteiger partial charge >= 0.3 is 5.97 Å². The SMILES string of the molecule is COC(=O)c1coc(-c2nc3oc2C2CCc4c(F)cc(cc42)C[C@H](NC(=O)[C@@H](O)C(C)C)C(=O)N[C@H]3C(C)(C)C)n1. The van der Waals surface area contributed by atoms with E-state index in [2.05, 4.69) is 15.6 Å². The Labute approximate surface area is 242 Å². The van der Waals surface area contributed by atoms with Crippen molar-refractivity contribution in [2.75, 3.05) is 7.11 Å². The second kappa shape index (κ2) is 11.0. The Morgan fingerprint density at radius 3 is 2.64 bits per heavy atom. The standard InChI is InChI=1S/C30H35FN4O7/c1-13(2)22(36)26(38)32-19-11-14-9-17-15(18(31)10-14)7-8-16(17)23-21(27-33-20(12-41-27)29(39)40-6)34-28(42-23)24(30(3,4)5)35-25(19)37/h9-10,12-13,16,19,22,24,36H,7-8,11H2,1-6H3,(H,32,38)(H,35,37)/t16?,19-,22-,24+/m0/s1. The molecular weight excluding hydrogens is 547 g/mol. The number of carbonyl (C=O) groups is 3. The number of amides is 2. The molecule has 1 aliphatic heterocycles. The number of hydrogen-bond donors (Lipinski definition) is 3. The third-order valence-electron chi connectivity index (χ3n) is 7.81. The number of aliphatic hydroxyl groups is 1. The third-order valence-corrected chi connectivity index (χ3v) is 7.81. The van der Waals surface area contributed by atoms with Crippen molar-refractivity contribution in [1.29, 1.82) is 0 Å². The van der Waals surface area contributed by atoms with E-state index in [0.29, 0.717) is 35.3 Å². The molecule has 3 heterocycles. The summed E-state index contributed by atoms with van der Waals surface area (Å²) in [6.45, 7) is 9.08. The number of nitrogens with one attached hydrogen (secondary N) is 2. The van der Waals surface area contributed by atoms with Crippen LogP contribution in [0.15, 0.2) is 27.2 Å². The predicted octanol–water partition coefficient (Wildman–Crippen LogP) is 3.59. The fraction of sp³-hybridized carbons (Fsp3) is 0.500. The van der Waals surface area contributed by atoms with Crippen molar-refractivity contribution >= 4 is 17.8 Å². The molecule has 0 fully saturated rings. The van der Waals surface area contributed by atoms with Crippen molar-refractivity contribution in [2.45, 2.75) is 78.0 Å². The van der Waals surface area contributed by atoms with Crippen molar-refractivity contribution in [3.63, 3.8) is 0 Å². The van der Waals surface area contributed by atoms with Gasteiger partial charge in [0.15, 0.2) is 11.4 Å². The fourth-order valence-corrected chi connectivity index (χ4v) is 5.46. The summed E-state index contributed by atoms with van der Waals surface area (Å²) >= 11 is 0. The van der Waals surface area contributed by atoms with Crippen LogP contribution in [0.25, 0.3) is 11.6 Å². The first-order chi connectivity index (χ1) is 19.8. The molecule has 3 N–H and O–H groups in total. The maximum absolute atomic E-state index is 15.4. The Hall–Kier alpha value is -4.06. The van der Waals surface area contributed by atoms with Gasteiger partial charge < -0.3 is 29.3 Å². The molecule has 2 aliphatic rings. The number of rotatable bonds is 5. The maximum Gasteiger partial charge on any atom is 0.360 e. The van der Waals surface area contributed by atoms with Crippen LogP contribution in [0.2, 0.25) is 0 Å². The van der Waals surface area contributed by atoms with Crippen LogP contribution in [0.1, 0.15) is 91.8 Å². The largest absolute Gasteiger partial charge is 0.464 e. The summed E-state index contributed by atoms with van der Waals surface area (Å²) < 4.78 is 32.2. The minimum Gasteiger partial charge on any atom is -0.464 e. The van der Waals surface area contributed by atoms with Crippen LogP contribution in [0.3, 0.4) is 0 Å². The molecular formula is C30H35FN4O7. The Balaban J connectivity index is 1.67. The van der Waals surface area contributed by atoms with E-state index >= 15 is 4.39 Å². The second-order valence-corrected chi connectivity index (χ2v) is 12.3. The highest BCUT2D eigenvalue weighted by atomic mass is 19.1. The summed E-state index contributed by atoms with van der Waals surface area (Å²) in [6.07, 6.45) is 0.801. The first kappa shape index (κ1) is 29.4. The van der Waals surface area contributed by atoms with E-state index < -0.39 is 53.1 Å². The van der Waals surface area contributed by atoms with Crippen LogP contribution in [-0.2, 0) is 27.2 Å². The molecule has 0 spiro atoms. The number of aliphatic hydroxyl groups excluding tert-OH is 1. The van der Waals surface area contributed by atoms with Crippen molar-refractivity contribution < 1.29 is 37.5 Å². The van der Waals surface area contributed by atoms with Gasteiger partial charge in [-0.2, -0.15) is 0 Å². The molecule has 224 valence electrons. The zero-order valence-corrected chi connectivity index (χ0v) is 24.4. The Kier molecular flexibility index (Phi) is 7.69. The van der Waals surface area contributed by atoms with E-state index in [1.165, 1.54) is 13.2 Å². The smallest absolute Gasteiger partial charge is 0.360 e. The maximum atomic E-state index is 15.4. The highest BCUT2D eigenvalue weighted by Gasteiger charge is 2.40. The molecule has 4 atom stereocenters. The first-order valence-electron chi connectivity index (χ1n) is 13.9. The molecule has 12 heteroatoms. The molecule has 0 radical (unpaired) electrons. The number of ether oxygens (including phenoxy) is 1. The number of methoxy groups -OCH3 is 1. The number of aromatic nitrogens is 2. The van der Waals surface area contributed by atoms with Crippen LogP contribution in [-0.4, -0.2) is 52.1 Å². The minimum absolute atomic E-state index is 0.00234. The summed E-state index contributed by atoms with van der Waals surface area (Å²) in [5.41, 5.74) is 1.27. The molecule has 1 aliphatic carbocycles. The molecule has 0 saturated heterocycles. The van der Waals surface area contributed by atoms with Crippen molar-refractivity contribution in [3.8, 4) is 11.6 Å². The van der Waals surface area contributed by atoms with Gasteiger partial charge in [-0.3, -0.25) is 9.59 Å². The van der Waals surface area contributed by atoms with Crippen LogP contribution in [0, 0.1) is 17.2 Å². The average Bonchev–Trinajstić information content (AvgIpc) is 3.67. The topological polar surface area (TPSA) is 157 Å². The molecule has 4 bridgehead atoms. The molecule has 2 amide bonds. The molecule has 3 aromatic rings. The Morgan fingerprint density at radius 1 is 1.24 bits per heavy atom. The van der Waals surface area contributed by atoms with E-state index in [1.807, 2.05) is 26.8 Å². The molecule has 42 heavy (non-hydrogen) atoms. The molecule has 1 aromatic carbocycles. The van der Waals surface area contributed by atoms with Gasteiger partial charge in [0.2, 0.25) is 23.6 Å². The van der Waals surface area contributed by atoms with E-state index in [4.69, 9.17) is 18.6 Å². The highest BCUT2D eigenvalue weighted by Crippen LogP contribution is 2.45. The molecule has 5 rings (SSSR count). The summed E-state index contributed by atoms with van der Waals surface area (Å²) in [5, 5.41) is 16.0. The second-order valence-electron chi connectivity index (χ2n) is 12.3. The van der Waals surface area contributed by atoms with Gasteiger partial charge in [-0.05, 0) is 46.9 Å². The first-order valence-corrected chi connectivity index (χ1v) is 13.9. The Bertz CT molecular complexity index is 1540. The number of halogens is 1. The number of nitrogens with zero attached hydrogens (tertiary/aromatic N) is 2. The predicted molar refractivity (Wildman–Crippen MR) is 147 cm³/mol. The van der Waals surface area contributed by atoms with E-state index in [0.717, 1.165) is 6.26 Å². The van der Waals surface area contributed by atoms with E-state index in [1.54, 1.807) is 13.8 Å². The summed E-state index contributed by atoms with van der Waals surface area (Å²) in [4.78, 5) is 47.7. The van der Waals surface area contributed by atoms with Gasteiger partial charge in [0.1, 0.15) is 36.0 Å². The molecule has 0 saturated carbocycles. The lowest BCUT2D eigenvalue weighted by atomic mass is 9.86. The van der Waals surface area contributed by atoms with Gasteiger partial charge in [-0.25, -0.2) is 19.2 Å². The van der Waals surface area contributed by atoms with Gasteiger partial charge in [-0.1, -0.05) is 40.7 Å². The minimum atomic E-state index is -1.33. The van der Waals surface area contributed by atoms with Gasteiger partial charge in [0, 0.05) is 12.3 Å². The van der Waals surface area contributed by atoms with Crippen LogP contribution >= 0.6 is 0 Å². The quantitative estimate of drug-likeness (QED) is 0.383. The van der Waals surface area contributed by atoms with Gasteiger partial charge in [0.05, 0.1) is 7.11 Å². The number of esters is 1. The summed E-state index contributed by atoms with van der Waals surface area (Å²) in [7, 11) is 1.23. The molecule has 1 unspecified atom stereocenters. The van der Waals surface area contributed by atoms with Crippen molar-refractivity contribution in [2.24, 2.45) is 11.3 Å². The highest BCUT2D eigenvalue weighted by molar-refractivity contribution is 5.90. The lowest BCUT2D eigenvalue weighted by Crippen LogP contribution is -2.53. The summed E-state index contributed by atoms with van der Waals surface area (Å²) in [6, 6.07) is 1.31. The molecule has 11 nitrogen and oxygen atoms in total. The number of fused-ring (bicyclic) bond motifs is 4. The fourth-order valence-electron chi connectivity index (χ4n) is 5.46. The number of hydrogen-bond acceptors (Lipinski definition) is 9. The monoisotopic (exact) mass is 582 g/mol. The normalized spacial score (nSPS) is 20.9. The number of oxazole rings is 2. The zero-order chi connectivity index (χ0) is 30.5. The third kappa shape index (κ3) is 5.42. The number of benzene rings is 1. The van der Waals surface area contributed by atoms with E-state index in [9.17, 15) is 19.5 Å². The molecule has 2 aromatic heterocycles. The van der Waals surface area contributed by atoms with Crippen molar-refractivity contribution in [3.05, 3.63) is 58.2 Å². The van der Waals surface area contributed by atoms with Crippen LogP contribution in [0.4, 0.5) is 4.39 Å². The van der Waals surface area contributed by atoms with Gasteiger partial charge in [-0.15, -0.1) is 0 Å². The Morgan fingerprint density at radius 2 is 1.98 bits per heavy atom. The average molecular weight is 583 g/mol. The number of carbonyl (C=O) groups excluding carboxylic acids is 3. The van der Waals surface area contributed by atoms with Crippen molar-refractivity contribution in [1.82, 2.24) is 20.6 Å². The lowest BCUT2D eigenvalue weighted by molar-refractivity contribution is -0.136.